The maximum Gasteiger partial charge on any atom is 0.0589 e. The molecule has 0 bridgehead atoms. The molecule has 0 aromatic heterocycles. The van der Waals surface area contributed by atoms with Crippen LogP contribution in [0.1, 0.15) is 45.4 Å². The van der Waals surface area contributed by atoms with E-state index in [-0.39, 0.29) is 0 Å². The van der Waals surface area contributed by atoms with Gasteiger partial charge in [0.05, 0.1) is 6.61 Å². The number of ether oxygens (including phenoxy) is 1. The third-order valence-corrected chi connectivity index (χ3v) is 5.23. The molecule has 2 saturated carbocycles. The number of hydrogen-bond donors (Lipinski definition) is 1. The minimum Gasteiger partial charge on any atom is -0.383 e. The molecule has 0 heterocycles. The van der Waals surface area contributed by atoms with Crippen LogP contribution >= 0.6 is 0 Å². The van der Waals surface area contributed by atoms with Gasteiger partial charge in [0.15, 0.2) is 0 Å². The summed E-state index contributed by atoms with van der Waals surface area (Å²) >= 11 is 0. The summed E-state index contributed by atoms with van der Waals surface area (Å²) in [5, 5.41) is 3.58. The zero-order valence-corrected chi connectivity index (χ0v) is 13.0. The molecule has 0 saturated heterocycles. The van der Waals surface area contributed by atoms with Crippen molar-refractivity contribution in [3.8, 4) is 0 Å². The Balaban J connectivity index is 1.88. The number of nitrogens with one attached hydrogen (secondary N) is 1. The fraction of sp³-hybridized carbons (Fsp3) is 1.00. The topological polar surface area (TPSA) is 24.5 Å². The molecule has 3 nitrogen and oxygen atoms in total. The van der Waals surface area contributed by atoms with Crippen molar-refractivity contribution in [2.24, 2.45) is 11.8 Å². The van der Waals surface area contributed by atoms with E-state index in [9.17, 15) is 0 Å². The van der Waals surface area contributed by atoms with Gasteiger partial charge in [-0.15, -0.1) is 0 Å². The lowest BCUT2D eigenvalue weighted by Crippen LogP contribution is -2.48. The number of methoxy groups -OCH3 is 1. The van der Waals surface area contributed by atoms with Crippen LogP contribution in [0.15, 0.2) is 0 Å². The van der Waals surface area contributed by atoms with Crippen LogP contribution in [0.25, 0.3) is 0 Å². The molecule has 0 spiro atoms. The first kappa shape index (κ1) is 15.3. The van der Waals surface area contributed by atoms with Gasteiger partial charge in [-0.25, -0.2) is 0 Å². The van der Waals surface area contributed by atoms with Crippen LogP contribution in [0.5, 0.6) is 0 Å². The molecule has 2 unspecified atom stereocenters. The molecule has 0 aromatic rings. The van der Waals surface area contributed by atoms with Gasteiger partial charge in [0.25, 0.3) is 0 Å². The van der Waals surface area contributed by atoms with E-state index in [4.69, 9.17) is 4.74 Å². The Hall–Kier alpha value is -0.120. The quantitative estimate of drug-likeness (QED) is 0.695. The standard InChI is InChI=1S/C16H32N2O/c1-13(14-8-9-14)18(10-11-19-3)12-16(17-2)15-6-4-5-7-15/h13-17H,4-12H2,1-3H3. The van der Waals surface area contributed by atoms with Crippen molar-refractivity contribution in [2.45, 2.75) is 57.5 Å². The largest absolute Gasteiger partial charge is 0.383 e. The van der Waals surface area contributed by atoms with E-state index >= 15 is 0 Å². The first-order valence-corrected chi connectivity index (χ1v) is 8.16. The predicted octanol–water partition coefficient (Wildman–Crippen LogP) is 2.51. The molecule has 19 heavy (non-hydrogen) atoms. The zero-order chi connectivity index (χ0) is 13.7. The lowest BCUT2D eigenvalue weighted by molar-refractivity contribution is 0.101. The fourth-order valence-electron chi connectivity index (χ4n) is 3.63. The van der Waals surface area contributed by atoms with Crippen LogP contribution in [0.4, 0.5) is 0 Å². The van der Waals surface area contributed by atoms with Gasteiger partial charge >= 0.3 is 0 Å². The van der Waals surface area contributed by atoms with Crippen molar-refractivity contribution in [3.05, 3.63) is 0 Å². The smallest absolute Gasteiger partial charge is 0.0589 e. The lowest BCUT2D eigenvalue weighted by atomic mass is 9.97. The molecule has 2 atom stereocenters. The molecule has 2 aliphatic carbocycles. The van der Waals surface area contributed by atoms with Crippen LogP contribution < -0.4 is 5.32 Å². The number of hydrogen-bond acceptors (Lipinski definition) is 3. The summed E-state index contributed by atoms with van der Waals surface area (Å²) in [6, 6.07) is 1.40. The van der Waals surface area contributed by atoms with E-state index in [0.717, 1.165) is 31.0 Å². The minimum absolute atomic E-state index is 0.667. The van der Waals surface area contributed by atoms with Gasteiger partial charge in [-0.1, -0.05) is 12.8 Å². The van der Waals surface area contributed by atoms with Gasteiger partial charge in [0.2, 0.25) is 0 Å². The molecule has 112 valence electrons. The Morgan fingerprint density at radius 2 is 1.84 bits per heavy atom. The van der Waals surface area contributed by atoms with Crippen molar-refractivity contribution in [1.82, 2.24) is 10.2 Å². The summed E-state index contributed by atoms with van der Waals surface area (Å²) in [4.78, 5) is 2.67. The molecule has 1 N–H and O–H groups in total. The molecular weight excluding hydrogens is 236 g/mol. The number of likely N-dealkylation sites (N-methyl/N-ethyl adjacent to an activating group) is 1. The first-order valence-electron chi connectivity index (χ1n) is 8.16. The third-order valence-electron chi connectivity index (χ3n) is 5.23. The van der Waals surface area contributed by atoms with Gasteiger partial charge in [-0.3, -0.25) is 4.90 Å². The second kappa shape index (κ2) is 7.61. The summed E-state index contributed by atoms with van der Waals surface area (Å²) in [6.45, 7) is 5.55. The molecule has 2 rings (SSSR count). The van der Waals surface area contributed by atoms with Crippen LogP contribution in [-0.2, 0) is 4.74 Å². The van der Waals surface area contributed by atoms with Crippen LogP contribution in [0.2, 0.25) is 0 Å². The van der Waals surface area contributed by atoms with Gasteiger partial charge < -0.3 is 10.1 Å². The zero-order valence-electron chi connectivity index (χ0n) is 13.0. The van der Waals surface area contributed by atoms with Gasteiger partial charge in [-0.2, -0.15) is 0 Å². The highest BCUT2D eigenvalue weighted by Gasteiger charge is 2.34. The van der Waals surface area contributed by atoms with E-state index in [1.807, 2.05) is 7.11 Å². The molecule has 0 amide bonds. The number of nitrogens with zero attached hydrogens (tertiary/aromatic N) is 1. The highest BCUT2D eigenvalue weighted by molar-refractivity contribution is 4.89. The summed E-state index contributed by atoms with van der Waals surface area (Å²) in [5.74, 6) is 1.83. The lowest BCUT2D eigenvalue weighted by Gasteiger charge is -2.34. The van der Waals surface area contributed by atoms with E-state index in [1.165, 1.54) is 45.1 Å². The van der Waals surface area contributed by atoms with Crippen LogP contribution in [0, 0.1) is 11.8 Å². The molecule has 2 fully saturated rings. The molecule has 2 aliphatic rings. The van der Waals surface area contributed by atoms with E-state index in [1.54, 1.807) is 0 Å². The Kier molecular flexibility index (Phi) is 6.11. The molecule has 0 aliphatic heterocycles. The van der Waals surface area contributed by atoms with Gasteiger partial charge in [0.1, 0.15) is 0 Å². The molecule has 3 heteroatoms. The Morgan fingerprint density at radius 3 is 2.37 bits per heavy atom. The van der Waals surface area contributed by atoms with E-state index < -0.39 is 0 Å². The van der Waals surface area contributed by atoms with Gasteiger partial charge in [0, 0.05) is 32.3 Å². The SMILES string of the molecule is CNC(CN(CCOC)C(C)C1CC1)C1CCCC1. The van der Waals surface area contributed by atoms with Crippen molar-refractivity contribution < 1.29 is 4.74 Å². The van der Waals surface area contributed by atoms with Crippen molar-refractivity contribution in [1.29, 1.82) is 0 Å². The van der Waals surface area contributed by atoms with Crippen LogP contribution in [0.3, 0.4) is 0 Å². The number of rotatable bonds is 9. The molecule has 0 aromatic carbocycles. The van der Waals surface area contributed by atoms with Crippen molar-refractivity contribution >= 4 is 0 Å². The van der Waals surface area contributed by atoms with E-state index in [0.29, 0.717) is 6.04 Å². The van der Waals surface area contributed by atoms with Crippen molar-refractivity contribution in [3.63, 3.8) is 0 Å². The normalized spacial score (nSPS) is 24.0. The predicted molar refractivity (Wildman–Crippen MR) is 80.4 cm³/mol. The van der Waals surface area contributed by atoms with Crippen molar-refractivity contribution in [2.75, 3.05) is 33.9 Å². The van der Waals surface area contributed by atoms with Crippen LogP contribution in [-0.4, -0.2) is 50.8 Å². The molecule has 0 radical (unpaired) electrons. The average Bonchev–Trinajstić information content (AvgIpc) is 3.14. The minimum atomic E-state index is 0.667. The first-order chi connectivity index (χ1) is 9.26. The second-order valence-corrected chi connectivity index (χ2v) is 6.51. The maximum atomic E-state index is 5.30. The highest BCUT2D eigenvalue weighted by atomic mass is 16.5. The Labute approximate surface area is 119 Å². The Morgan fingerprint density at radius 1 is 1.16 bits per heavy atom. The maximum absolute atomic E-state index is 5.30. The summed E-state index contributed by atoms with van der Waals surface area (Å²) in [7, 11) is 3.95. The summed E-state index contributed by atoms with van der Waals surface area (Å²) in [6.07, 6.45) is 8.55. The highest BCUT2D eigenvalue weighted by Crippen LogP contribution is 2.36. The van der Waals surface area contributed by atoms with E-state index in [2.05, 4.69) is 24.2 Å². The fourth-order valence-corrected chi connectivity index (χ4v) is 3.63. The molecular formula is C16H32N2O. The van der Waals surface area contributed by atoms with Gasteiger partial charge in [-0.05, 0) is 51.5 Å². The third kappa shape index (κ3) is 4.44. The average molecular weight is 268 g/mol. The summed E-state index contributed by atoms with van der Waals surface area (Å²) in [5.41, 5.74) is 0. The Bertz CT molecular complexity index is 249. The second-order valence-electron chi connectivity index (χ2n) is 6.51. The monoisotopic (exact) mass is 268 g/mol. The summed E-state index contributed by atoms with van der Waals surface area (Å²) < 4.78 is 5.30.